The summed E-state index contributed by atoms with van der Waals surface area (Å²) in [4.78, 5) is 2.33. The third-order valence-electron chi connectivity index (χ3n) is 7.33. The van der Waals surface area contributed by atoms with E-state index in [-0.39, 0.29) is 0 Å². The van der Waals surface area contributed by atoms with Gasteiger partial charge in [0.25, 0.3) is 0 Å². The van der Waals surface area contributed by atoms with Crippen LogP contribution in [0, 0.1) is 11.3 Å². The Morgan fingerprint density at radius 1 is 0.806 bits per heavy atom. The minimum atomic E-state index is 0.664. The van der Waals surface area contributed by atoms with E-state index in [1.54, 1.807) is 0 Å². The molecule has 0 amide bonds. The first kappa shape index (κ1) is 20.8. The summed E-state index contributed by atoms with van der Waals surface area (Å²) in [6, 6.07) is 25.2. The number of hydrogen-bond acceptors (Lipinski definition) is 3. The van der Waals surface area contributed by atoms with Crippen molar-refractivity contribution in [2.24, 2.45) is 0 Å². The molecular formula is C33H24N2O. The van der Waals surface area contributed by atoms with Crippen LogP contribution < -0.4 is 4.90 Å². The second-order valence-corrected chi connectivity index (χ2v) is 9.50. The Labute approximate surface area is 209 Å². The molecule has 172 valence electrons. The first-order chi connectivity index (χ1) is 17.8. The third kappa shape index (κ3) is 3.26. The van der Waals surface area contributed by atoms with E-state index in [1.807, 2.05) is 24.3 Å². The molecule has 3 heteroatoms. The lowest BCUT2D eigenvalue weighted by atomic mass is 9.90. The number of allylic oxidation sites excluding steroid dienone is 4. The van der Waals surface area contributed by atoms with Crippen molar-refractivity contribution in [3.8, 4) is 6.07 Å². The predicted octanol–water partition coefficient (Wildman–Crippen LogP) is 8.94. The molecular weight excluding hydrogens is 440 g/mol. The number of benzene rings is 4. The summed E-state index contributed by atoms with van der Waals surface area (Å²) >= 11 is 0. The van der Waals surface area contributed by atoms with E-state index >= 15 is 0 Å². The molecule has 0 spiro atoms. The number of rotatable bonds is 3. The quantitative estimate of drug-likeness (QED) is 0.267. The standard InChI is InChI=1S/C33H24N2O/c34-21-22-14-16-26(17-15-22)35(25-10-2-1-3-11-25)30-20-32-33(28-13-7-6-12-27(28)30)29-18-23-8-4-5-9-24(23)19-31(29)36-32/h2,4-5,7-11,13-20H,1,3,6,12H2. The molecule has 0 N–H and O–H groups in total. The molecule has 5 aromatic rings. The van der Waals surface area contributed by atoms with Crippen LogP contribution in [0.25, 0.3) is 38.8 Å². The van der Waals surface area contributed by atoms with E-state index in [1.165, 1.54) is 32.7 Å². The van der Waals surface area contributed by atoms with E-state index in [2.05, 4.69) is 83.8 Å². The van der Waals surface area contributed by atoms with Gasteiger partial charge in [-0.1, -0.05) is 48.6 Å². The van der Waals surface area contributed by atoms with Gasteiger partial charge in [-0.3, -0.25) is 0 Å². The van der Waals surface area contributed by atoms with Gasteiger partial charge in [-0.2, -0.15) is 5.26 Å². The van der Waals surface area contributed by atoms with Crippen LogP contribution in [0.3, 0.4) is 0 Å². The zero-order valence-electron chi connectivity index (χ0n) is 19.9. The van der Waals surface area contributed by atoms with Crippen LogP contribution in [0.1, 0.15) is 36.0 Å². The first-order valence-corrected chi connectivity index (χ1v) is 12.5. The summed E-state index contributed by atoms with van der Waals surface area (Å²) in [5, 5.41) is 14.1. The lowest BCUT2D eigenvalue weighted by Gasteiger charge is -2.31. The second kappa shape index (κ2) is 8.29. The largest absolute Gasteiger partial charge is 0.456 e. The highest BCUT2D eigenvalue weighted by molar-refractivity contribution is 6.14. The smallest absolute Gasteiger partial charge is 0.138 e. The highest BCUT2D eigenvalue weighted by Gasteiger charge is 2.25. The van der Waals surface area contributed by atoms with Gasteiger partial charge in [0, 0.05) is 28.2 Å². The number of fused-ring (bicyclic) bond motifs is 6. The fourth-order valence-corrected chi connectivity index (χ4v) is 5.63. The van der Waals surface area contributed by atoms with Gasteiger partial charge in [0.15, 0.2) is 0 Å². The summed E-state index contributed by atoms with van der Waals surface area (Å²) in [5.41, 5.74) is 8.42. The second-order valence-electron chi connectivity index (χ2n) is 9.50. The van der Waals surface area contributed by atoms with Gasteiger partial charge in [-0.25, -0.2) is 0 Å². The van der Waals surface area contributed by atoms with Crippen molar-refractivity contribution < 1.29 is 4.42 Å². The average Bonchev–Trinajstić information content (AvgIpc) is 3.30. The van der Waals surface area contributed by atoms with Crippen LogP contribution in [0.5, 0.6) is 0 Å². The lowest BCUT2D eigenvalue weighted by Crippen LogP contribution is -2.19. The summed E-state index contributed by atoms with van der Waals surface area (Å²) < 4.78 is 6.54. The molecule has 0 saturated heterocycles. The van der Waals surface area contributed by atoms with Crippen LogP contribution in [-0.4, -0.2) is 0 Å². The highest BCUT2D eigenvalue weighted by atomic mass is 16.3. The monoisotopic (exact) mass is 464 g/mol. The van der Waals surface area contributed by atoms with Crippen LogP contribution in [0.2, 0.25) is 0 Å². The van der Waals surface area contributed by atoms with Gasteiger partial charge in [0.05, 0.1) is 17.3 Å². The lowest BCUT2D eigenvalue weighted by molar-refractivity contribution is 0.669. The molecule has 2 aliphatic rings. The van der Waals surface area contributed by atoms with Crippen molar-refractivity contribution in [2.75, 3.05) is 4.90 Å². The Morgan fingerprint density at radius 3 is 2.39 bits per heavy atom. The van der Waals surface area contributed by atoms with E-state index < -0.39 is 0 Å². The Balaban J connectivity index is 1.53. The molecule has 7 rings (SSSR count). The van der Waals surface area contributed by atoms with Crippen LogP contribution >= 0.6 is 0 Å². The molecule has 0 fully saturated rings. The third-order valence-corrected chi connectivity index (χ3v) is 7.33. The van der Waals surface area contributed by atoms with Gasteiger partial charge in [0.2, 0.25) is 0 Å². The topological polar surface area (TPSA) is 40.2 Å². The zero-order chi connectivity index (χ0) is 24.1. The van der Waals surface area contributed by atoms with E-state index in [4.69, 9.17) is 4.42 Å². The minimum absolute atomic E-state index is 0.664. The molecule has 1 aromatic heterocycles. The Morgan fingerprint density at radius 2 is 1.61 bits per heavy atom. The van der Waals surface area contributed by atoms with Crippen molar-refractivity contribution in [1.29, 1.82) is 5.26 Å². The van der Waals surface area contributed by atoms with Crippen LogP contribution in [0.4, 0.5) is 11.4 Å². The molecule has 2 aliphatic carbocycles. The number of anilines is 2. The van der Waals surface area contributed by atoms with Gasteiger partial charge < -0.3 is 9.32 Å². The van der Waals surface area contributed by atoms with E-state index in [9.17, 15) is 5.26 Å². The fraction of sp³-hybridized carbons (Fsp3) is 0.121. The SMILES string of the molecule is N#Cc1ccc(N(C2=CCCC=C2)c2cc3oc4cc5ccccc5cc4c3c3c2CCC=C3)cc1. The summed E-state index contributed by atoms with van der Waals surface area (Å²) in [6.07, 6.45) is 15.4. The van der Waals surface area contributed by atoms with Crippen molar-refractivity contribution in [2.45, 2.75) is 25.7 Å². The summed E-state index contributed by atoms with van der Waals surface area (Å²) in [5.74, 6) is 0. The molecule has 36 heavy (non-hydrogen) atoms. The summed E-state index contributed by atoms with van der Waals surface area (Å²) in [6.45, 7) is 0. The van der Waals surface area contributed by atoms with Crippen molar-refractivity contribution in [3.05, 3.63) is 113 Å². The van der Waals surface area contributed by atoms with Gasteiger partial charge in [-0.05, 0) is 90.1 Å². The summed E-state index contributed by atoms with van der Waals surface area (Å²) in [7, 11) is 0. The fourth-order valence-electron chi connectivity index (χ4n) is 5.63. The molecule has 4 aromatic carbocycles. The molecule has 0 atom stereocenters. The zero-order valence-corrected chi connectivity index (χ0v) is 19.9. The molecule has 0 bridgehead atoms. The first-order valence-electron chi connectivity index (χ1n) is 12.5. The normalized spacial score (nSPS) is 14.7. The molecule has 1 heterocycles. The Bertz CT molecular complexity index is 1790. The molecule has 0 saturated carbocycles. The minimum Gasteiger partial charge on any atom is -0.456 e. The van der Waals surface area contributed by atoms with E-state index in [0.29, 0.717) is 5.56 Å². The van der Waals surface area contributed by atoms with Crippen LogP contribution in [0.15, 0.2) is 101 Å². The molecule has 0 unspecified atom stereocenters. The average molecular weight is 465 g/mol. The van der Waals surface area contributed by atoms with E-state index in [0.717, 1.165) is 53.9 Å². The maximum absolute atomic E-state index is 9.34. The highest BCUT2D eigenvalue weighted by Crippen LogP contribution is 2.45. The maximum Gasteiger partial charge on any atom is 0.138 e. The van der Waals surface area contributed by atoms with Gasteiger partial charge in [-0.15, -0.1) is 0 Å². The van der Waals surface area contributed by atoms with Crippen molar-refractivity contribution in [3.63, 3.8) is 0 Å². The molecule has 0 radical (unpaired) electrons. The molecule has 3 nitrogen and oxygen atoms in total. The predicted molar refractivity (Wildman–Crippen MR) is 148 cm³/mol. The number of nitrogens with zero attached hydrogens (tertiary/aromatic N) is 2. The Kier molecular flexibility index (Phi) is 4.79. The van der Waals surface area contributed by atoms with Crippen LogP contribution in [-0.2, 0) is 6.42 Å². The van der Waals surface area contributed by atoms with Crippen molar-refractivity contribution >= 4 is 50.2 Å². The van der Waals surface area contributed by atoms with Gasteiger partial charge in [0.1, 0.15) is 11.2 Å². The number of nitriles is 1. The Hall–Kier alpha value is -4.55. The molecule has 0 aliphatic heterocycles. The van der Waals surface area contributed by atoms with Crippen molar-refractivity contribution in [1.82, 2.24) is 0 Å². The van der Waals surface area contributed by atoms with Gasteiger partial charge >= 0.3 is 0 Å². The number of hydrogen-bond donors (Lipinski definition) is 0. The maximum atomic E-state index is 9.34. The number of furan rings is 1.